The topological polar surface area (TPSA) is 82.1 Å². The van der Waals surface area contributed by atoms with Crippen molar-refractivity contribution in [2.45, 2.75) is 0 Å². The molecule has 2 heterocycles. The van der Waals surface area contributed by atoms with E-state index >= 15 is 0 Å². The Bertz CT molecular complexity index is 440. The van der Waals surface area contributed by atoms with Gasteiger partial charge in [-0.25, -0.2) is 14.7 Å². The number of carbonyl (C=O) groups is 1. The molecule has 0 aliphatic carbocycles. The molecule has 6 nitrogen and oxygen atoms in total. The molecule has 0 aromatic carbocycles. The quantitative estimate of drug-likeness (QED) is 0.778. The van der Waals surface area contributed by atoms with Crippen LogP contribution in [-0.2, 0) is 0 Å². The summed E-state index contributed by atoms with van der Waals surface area (Å²) in [6.07, 6.45) is 3.34. The van der Waals surface area contributed by atoms with Gasteiger partial charge in [-0.2, -0.15) is 5.10 Å². The van der Waals surface area contributed by atoms with Gasteiger partial charge >= 0.3 is 6.09 Å². The minimum absolute atomic E-state index is 0.339. The molecule has 0 aliphatic rings. The zero-order chi connectivity index (χ0) is 10.7. The first kappa shape index (κ1) is 9.20. The summed E-state index contributed by atoms with van der Waals surface area (Å²) in [5.74, 6) is 0.339. The van der Waals surface area contributed by atoms with Gasteiger partial charge in [-0.15, -0.1) is 0 Å². The maximum atomic E-state index is 11.0. The van der Waals surface area contributed by atoms with E-state index in [2.05, 4.69) is 15.2 Å². The summed E-state index contributed by atoms with van der Waals surface area (Å²) < 4.78 is 0. The lowest BCUT2D eigenvalue weighted by atomic mass is 10.4. The summed E-state index contributed by atoms with van der Waals surface area (Å²) in [6.45, 7) is 0. The molecule has 0 saturated carbocycles. The maximum absolute atomic E-state index is 11.0. The molecule has 0 fully saturated rings. The van der Waals surface area contributed by atoms with Crippen molar-refractivity contribution >= 4 is 17.6 Å². The molecule has 2 aromatic rings. The highest BCUT2D eigenvalue weighted by Crippen LogP contribution is 2.21. The number of pyridine rings is 1. The van der Waals surface area contributed by atoms with E-state index in [0.717, 1.165) is 4.90 Å². The Kier molecular flexibility index (Phi) is 2.32. The van der Waals surface area contributed by atoms with Crippen LogP contribution in [0.4, 0.5) is 16.3 Å². The summed E-state index contributed by atoms with van der Waals surface area (Å²) in [4.78, 5) is 16.0. The van der Waals surface area contributed by atoms with Crippen molar-refractivity contribution < 1.29 is 9.90 Å². The molecule has 2 aromatic heterocycles. The van der Waals surface area contributed by atoms with Gasteiger partial charge in [0.25, 0.3) is 0 Å². The monoisotopic (exact) mass is 204 g/mol. The molecule has 76 valence electrons. The van der Waals surface area contributed by atoms with Crippen LogP contribution in [-0.4, -0.2) is 26.4 Å². The predicted molar refractivity (Wildman–Crippen MR) is 53.0 cm³/mol. The van der Waals surface area contributed by atoms with Gasteiger partial charge in [-0.3, -0.25) is 5.10 Å². The SMILES string of the molecule is O=C(O)N(c1cn[nH]c1)c1ccccn1. The van der Waals surface area contributed by atoms with Gasteiger partial charge in [-0.1, -0.05) is 6.07 Å². The first-order valence-electron chi connectivity index (χ1n) is 4.22. The van der Waals surface area contributed by atoms with Crippen molar-refractivity contribution in [1.29, 1.82) is 0 Å². The first-order valence-corrected chi connectivity index (χ1v) is 4.22. The van der Waals surface area contributed by atoms with Gasteiger partial charge in [0.2, 0.25) is 0 Å². The number of nitrogens with zero attached hydrogens (tertiary/aromatic N) is 3. The normalized spacial score (nSPS) is 9.87. The Hall–Kier alpha value is -2.37. The Labute approximate surface area is 85.2 Å². The molecule has 0 aliphatic heterocycles. The van der Waals surface area contributed by atoms with Crippen molar-refractivity contribution in [3.05, 3.63) is 36.8 Å². The fourth-order valence-corrected chi connectivity index (χ4v) is 1.19. The molecular weight excluding hydrogens is 196 g/mol. The number of nitrogens with one attached hydrogen (secondary N) is 1. The fourth-order valence-electron chi connectivity index (χ4n) is 1.19. The van der Waals surface area contributed by atoms with Crippen molar-refractivity contribution in [3.63, 3.8) is 0 Å². The highest BCUT2D eigenvalue weighted by atomic mass is 16.4. The predicted octanol–water partition coefficient (Wildman–Crippen LogP) is 1.62. The van der Waals surface area contributed by atoms with Crippen LogP contribution in [0.3, 0.4) is 0 Å². The second-order valence-corrected chi connectivity index (χ2v) is 2.76. The third-order valence-electron chi connectivity index (χ3n) is 1.81. The molecule has 0 spiro atoms. The van der Waals surface area contributed by atoms with Crippen LogP contribution in [0.1, 0.15) is 0 Å². The summed E-state index contributed by atoms with van der Waals surface area (Å²) >= 11 is 0. The molecule has 1 amide bonds. The summed E-state index contributed by atoms with van der Waals surface area (Å²) in [6, 6.07) is 5.05. The molecular formula is C9H8N4O2. The average molecular weight is 204 g/mol. The summed E-state index contributed by atoms with van der Waals surface area (Å²) in [5.41, 5.74) is 0.432. The lowest BCUT2D eigenvalue weighted by molar-refractivity contribution is 0.204. The van der Waals surface area contributed by atoms with E-state index in [1.165, 1.54) is 18.6 Å². The third kappa shape index (κ3) is 1.78. The number of carboxylic acid groups (broad SMARTS) is 1. The Balaban J connectivity index is 2.42. The number of rotatable bonds is 2. The molecule has 0 saturated heterocycles. The molecule has 2 rings (SSSR count). The van der Waals surface area contributed by atoms with Crippen LogP contribution < -0.4 is 4.90 Å². The number of hydrogen-bond acceptors (Lipinski definition) is 3. The average Bonchev–Trinajstić information content (AvgIpc) is 2.72. The molecule has 0 atom stereocenters. The number of hydrogen-bond donors (Lipinski definition) is 2. The van der Waals surface area contributed by atoms with Gasteiger partial charge in [0.05, 0.1) is 11.9 Å². The summed E-state index contributed by atoms with van der Waals surface area (Å²) in [5, 5.41) is 15.3. The van der Waals surface area contributed by atoms with E-state index in [9.17, 15) is 4.79 Å². The molecule has 0 radical (unpaired) electrons. The number of aromatic amines is 1. The minimum atomic E-state index is -1.10. The Morgan fingerprint density at radius 3 is 2.87 bits per heavy atom. The Morgan fingerprint density at radius 2 is 2.33 bits per heavy atom. The van der Waals surface area contributed by atoms with Crippen LogP contribution in [0, 0.1) is 0 Å². The third-order valence-corrected chi connectivity index (χ3v) is 1.81. The van der Waals surface area contributed by atoms with E-state index < -0.39 is 6.09 Å². The van der Waals surface area contributed by atoms with Crippen molar-refractivity contribution in [3.8, 4) is 0 Å². The fraction of sp³-hybridized carbons (Fsp3) is 0. The number of aromatic nitrogens is 3. The van der Waals surface area contributed by atoms with Gasteiger partial charge in [0.1, 0.15) is 5.82 Å². The van der Waals surface area contributed by atoms with E-state index in [1.807, 2.05) is 0 Å². The molecule has 15 heavy (non-hydrogen) atoms. The maximum Gasteiger partial charge on any atom is 0.417 e. The number of anilines is 2. The van der Waals surface area contributed by atoms with Crippen molar-refractivity contribution in [2.24, 2.45) is 0 Å². The van der Waals surface area contributed by atoms with E-state index in [4.69, 9.17) is 5.11 Å². The summed E-state index contributed by atoms with van der Waals surface area (Å²) in [7, 11) is 0. The van der Waals surface area contributed by atoms with Gasteiger partial charge < -0.3 is 5.11 Å². The van der Waals surface area contributed by atoms with Crippen molar-refractivity contribution in [1.82, 2.24) is 15.2 Å². The zero-order valence-electron chi connectivity index (χ0n) is 7.66. The Morgan fingerprint density at radius 1 is 1.47 bits per heavy atom. The standard InChI is InChI=1S/C9H8N4O2/c14-9(15)13(7-5-11-12-6-7)8-3-1-2-4-10-8/h1-6H,(H,11,12)(H,14,15). The van der Waals surface area contributed by atoms with E-state index in [-0.39, 0.29) is 0 Å². The van der Waals surface area contributed by atoms with Gasteiger partial charge in [-0.05, 0) is 12.1 Å². The van der Waals surface area contributed by atoms with Gasteiger partial charge in [0, 0.05) is 12.4 Å². The molecule has 6 heteroatoms. The highest BCUT2D eigenvalue weighted by Gasteiger charge is 2.18. The second kappa shape index (κ2) is 3.79. The van der Waals surface area contributed by atoms with Crippen LogP contribution >= 0.6 is 0 Å². The first-order chi connectivity index (χ1) is 7.29. The van der Waals surface area contributed by atoms with E-state index in [1.54, 1.807) is 18.2 Å². The zero-order valence-corrected chi connectivity index (χ0v) is 7.66. The van der Waals surface area contributed by atoms with Gasteiger partial charge in [0.15, 0.2) is 0 Å². The largest absolute Gasteiger partial charge is 0.464 e. The van der Waals surface area contributed by atoms with E-state index in [0.29, 0.717) is 11.5 Å². The van der Waals surface area contributed by atoms with Crippen LogP contribution in [0.15, 0.2) is 36.8 Å². The second-order valence-electron chi connectivity index (χ2n) is 2.76. The smallest absolute Gasteiger partial charge is 0.417 e. The van der Waals surface area contributed by atoms with Crippen LogP contribution in [0.25, 0.3) is 0 Å². The molecule has 2 N–H and O–H groups in total. The molecule has 0 bridgehead atoms. The van der Waals surface area contributed by atoms with Crippen LogP contribution in [0.5, 0.6) is 0 Å². The van der Waals surface area contributed by atoms with Crippen molar-refractivity contribution in [2.75, 3.05) is 4.90 Å². The highest BCUT2D eigenvalue weighted by molar-refractivity contribution is 5.93. The number of amides is 1. The molecule has 0 unspecified atom stereocenters. The lowest BCUT2D eigenvalue weighted by Crippen LogP contribution is -2.23. The number of H-pyrrole nitrogens is 1. The van der Waals surface area contributed by atoms with Crippen LogP contribution in [0.2, 0.25) is 0 Å². The lowest BCUT2D eigenvalue weighted by Gasteiger charge is -2.15. The minimum Gasteiger partial charge on any atom is -0.464 e.